The first-order valence-corrected chi connectivity index (χ1v) is 10.1. The predicted molar refractivity (Wildman–Crippen MR) is 93.8 cm³/mol. The molecule has 0 aromatic rings. The quantitative estimate of drug-likeness (QED) is 0.664. The number of hydrogen-bond donors (Lipinski definition) is 0. The van der Waals surface area contributed by atoms with Crippen molar-refractivity contribution >= 4 is 0 Å². The molecule has 0 aromatic heterocycles. The van der Waals surface area contributed by atoms with Crippen LogP contribution in [0.5, 0.6) is 0 Å². The molecule has 5 saturated carbocycles. The van der Waals surface area contributed by atoms with Crippen molar-refractivity contribution in [2.24, 2.45) is 34.5 Å². The molecule has 0 aromatic carbocycles. The SMILES string of the molecule is CC(C1CCC2CCC3CCCC34CC1(C)CCC24)N(C)C. The van der Waals surface area contributed by atoms with E-state index >= 15 is 0 Å². The molecule has 5 fully saturated rings. The maximum atomic E-state index is 2.69. The molecule has 0 amide bonds. The molecule has 4 bridgehead atoms. The van der Waals surface area contributed by atoms with Gasteiger partial charge in [-0.1, -0.05) is 13.3 Å². The Hall–Kier alpha value is -0.0400. The molecule has 5 aliphatic rings. The summed E-state index contributed by atoms with van der Waals surface area (Å²) in [6.07, 6.45) is 15.5. The van der Waals surface area contributed by atoms with Crippen molar-refractivity contribution in [3.63, 3.8) is 0 Å². The Kier molecular flexibility index (Phi) is 3.68. The Balaban J connectivity index is 1.72. The molecule has 7 atom stereocenters. The van der Waals surface area contributed by atoms with E-state index in [2.05, 4.69) is 32.8 Å². The summed E-state index contributed by atoms with van der Waals surface area (Å²) in [7, 11) is 4.60. The van der Waals surface area contributed by atoms with Gasteiger partial charge in [0.25, 0.3) is 0 Å². The van der Waals surface area contributed by atoms with Crippen LogP contribution >= 0.6 is 0 Å². The Bertz CT molecular complexity index is 430. The fourth-order valence-corrected chi connectivity index (χ4v) is 7.97. The summed E-state index contributed by atoms with van der Waals surface area (Å²) in [6.45, 7) is 5.19. The Morgan fingerprint density at radius 2 is 1.73 bits per heavy atom. The molecule has 0 N–H and O–H groups in total. The molecular weight excluding hydrogens is 266 g/mol. The fourth-order valence-electron chi connectivity index (χ4n) is 7.97. The Morgan fingerprint density at radius 1 is 0.955 bits per heavy atom. The standard InChI is InChI=1S/C21H37N/c1-15(22(3)4)18-10-8-16-7-9-17-6-5-12-21(17)14-20(18,2)13-11-19(16)21/h15-19H,5-14H2,1-4H3. The highest BCUT2D eigenvalue weighted by Gasteiger charge is 2.60. The van der Waals surface area contributed by atoms with Crippen LogP contribution in [0, 0.1) is 34.5 Å². The van der Waals surface area contributed by atoms with Gasteiger partial charge >= 0.3 is 0 Å². The average molecular weight is 304 g/mol. The Morgan fingerprint density at radius 3 is 2.50 bits per heavy atom. The highest BCUT2D eigenvalue weighted by Crippen LogP contribution is 2.69. The van der Waals surface area contributed by atoms with E-state index in [1.54, 1.807) is 38.5 Å². The minimum Gasteiger partial charge on any atom is -0.306 e. The highest BCUT2D eigenvalue weighted by molar-refractivity contribution is 5.10. The normalized spacial score (nSPS) is 52.2. The maximum absolute atomic E-state index is 2.69. The van der Waals surface area contributed by atoms with Crippen LogP contribution < -0.4 is 0 Å². The fraction of sp³-hybridized carbons (Fsp3) is 1.00. The van der Waals surface area contributed by atoms with Gasteiger partial charge in [0.1, 0.15) is 0 Å². The molecular formula is C21H37N. The first kappa shape index (κ1) is 15.5. The molecule has 1 nitrogen and oxygen atoms in total. The zero-order valence-corrected chi connectivity index (χ0v) is 15.4. The molecule has 5 aliphatic carbocycles. The summed E-state index contributed by atoms with van der Waals surface area (Å²) in [4.78, 5) is 2.50. The molecule has 5 rings (SSSR count). The van der Waals surface area contributed by atoms with E-state index in [0.717, 1.165) is 35.1 Å². The molecule has 0 aliphatic heterocycles. The van der Waals surface area contributed by atoms with E-state index in [-0.39, 0.29) is 0 Å². The van der Waals surface area contributed by atoms with Crippen LogP contribution in [0.2, 0.25) is 0 Å². The number of fused-ring (bicyclic) bond motifs is 3. The van der Waals surface area contributed by atoms with Crippen molar-refractivity contribution < 1.29 is 0 Å². The van der Waals surface area contributed by atoms with Crippen molar-refractivity contribution in [3.8, 4) is 0 Å². The van der Waals surface area contributed by atoms with Crippen molar-refractivity contribution in [3.05, 3.63) is 0 Å². The van der Waals surface area contributed by atoms with Gasteiger partial charge in [0, 0.05) is 6.04 Å². The van der Waals surface area contributed by atoms with Gasteiger partial charge in [0.05, 0.1) is 0 Å². The summed E-state index contributed by atoms with van der Waals surface area (Å²) >= 11 is 0. The monoisotopic (exact) mass is 303 g/mol. The number of hydrogen-bond acceptors (Lipinski definition) is 1. The van der Waals surface area contributed by atoms with Gasteiger partial charge in [0.2, 0.25) is 0 Å². The molecule has 7 unspecified atom stereocenters. The molecule has 0 saturated heterocycles. The Labute approximate surface area is 138 Å². The number of rotatable bonds is 2. The second-order valence-corrected chi connectivity index (χ2v) is 10.0. The van der Waals surface area contributed by atoms with Crippen molar-refractivity contribution in [1.29, 1.82) is 0 Å². The van der Waals surface area contributed by atoms with Gasteiger partial charge in [-0.2, -0.15) is 0 Å². The third kappa shape index (κ3) is 2.06. The summed E-state index contributed by atoms with van der Waals surface area (Å²) in [5.74, 6) is 4.21. The van der Waals surface area contributed by atoms with Gasteiger partial charge in [-0.15, -0.1) is 0 Å². The van der Waals surface area contributed by atoms with Gasteiger partial charge in [0.15, 0.2) is 0 Å². The molecule has 1 heteroatoms. The summed E-state index contributed by atoms with van der Waals surface area (Å²) in [6, 6.07) is 0.747. The number of nitrogens with zero attached hydrogens (tertiary/aromatic N) is 1. The van der Waals surface area contributed by atoms with E-state index in [1.807, 2.05) is 0 Å². The van der Waals surface area contributed by atoms with Crippen molar-refractivity contribution in [2.75, 3.05) is 14.1 Å². The van der Waals surface area contributed by atoms with E-state index < -0.39 is 0 Å². The van der Waals surface area contributed by atoms with Gasteiger partial charge in [-0.25, -0.2) is 0 Å². The topological polar surface area (TPSA) is 3.24 Å². The van der Waals surface area contributed by atoms with Gasteiger partial charge in [-0.3, -0.25) is 0 Å². The van der Waals surface area contributed by atoms with Gasteiger partial charge in [-0.05, 0) is 113 Å². The highest BCUT2D eigenvalue weighted by atomic mass is 15.1. The van der Waals surface area contributed by atoms with E-state index in [4.69, 9.17) is 0 Å². The van der Waals surface area contributed by atoms with Crippen molar-refractivity contribution in [1.82, 2.24) is 4.90 Å². The lowest BCUT2D eigenvalue weighted by Crippen LogP contribution is -2.55. The summed E-state index contributed by atoms with van der Waals surface area (Å²) < 4.78 is 0. The third-order valence-electron chi connectivity index (χ3n) is 9.10. The first-order chi connectivity index (χ1) is 10.5. The molecule has 1 spiro atoms. The van der Waals surface area contributed by atoms with Gasteiger partial charge < -0.3 is 4.90 Å². The minimum absolute atomic E-state index is 0.616. The van der Waals surface area contributed by atoms with E-state index in [1.165, 1.54) is 25.7 Å². The van der Waals surface area contributed by atoms with Crippen LogP contribution in [-0.4, -0.2) is 25.0 Å². The van der Waals surface area contributed by atoms with Crippen LogP contribution in [0.25, 0.3) is 0 Å². The maximum Gasteiger partial charge on any atom is 0.00943 e. The largest absolute Gasteiger partial charge is 0.306 e. The zero-order chi connectivity index (χ0) is 15.5. The molecule has 126 valence electrons. The third-order valence-corrected chi connectivity index (χ3v) is 9.10. The van der Waals surface area contributed by atoms with E-state index in [9.17, 15) is 0 Å². The van der Waals surface area contributed by atoms with Crippen LogP contribution in [0.4, 0.5) is 0 Å². The molecule has 0 radical (unpaired) electrons. The average Bonchev–Trinajstić information content (AvgIpc) is 2.86. The van der Waals surface area contributed by atoms with Crippen LogP contribution in [0.1, 0.15) is 78.1 Å². The van der Waals surface area contributed by atoms with Crippen LogP contribution in [-0.2, 0) is 0 Å². The lowest BCUT2D eigenvalue weighted by molar-refractivity contribution is -0.127. The minimum atomic E-state index is 0.616. The lowest BCUT2D eigenvalue weighted by Gasteiger charge is -2.62. The molecule has 22 heavy (non-hydrogen) atoms. The summed E-state index contributed by atoms with van der Waals surface area (Å²) in [5, 5.41) is 0. The zero-order valence-electron chi connectivity index (χ0n) is 15.4. The second kappa shape index (κ2) is 5.23. The predicted octanol–water partition coefficient (Wildman–Crippen LogP) is 5.35. The van der Waals surface area contributed by atoms with Crippen LogP contribution in [0.3, 0.4) is 0 Å². The van der Waals surface area contributed by atoms with E-state index in [0.29, 0.717) is 5.41 Å². The van der Waals surface area contributed by atoms with Crippen LogP contribution in [0.15, 0.2) is 0 Å². The smallest absolute Gasteiger partial charge is 0.00943 e. The lowest BCUT2D eigenvalue weighted by atomic mass is 9.43. The second-order valence-electron chi connectivity index (χ2n) is 10.0. The first-order valence-electron chi connectivity index (χ1n) is 10.1. The summed E-state index contributed by atoms with van der Waals surface area (Å²) in [5.41, 5.74) is 1.39. The van der Waals surface area contributed by atoms with Crippen molar-refractivity contribution in [2.45, 2.75) is 84.1 Å². The molecule has 0 heterocycles.